The number of morpholine rings is 1. The lowest BCUT2D eigenvalue weighted by molar-refractivity contribution is 0.0989. The second kappa shape index (κ2) is 6.27. The first-order valence-corrected chi connectivity index (χ1v) is 7.34. The van der Waals surface area contributed by atoms with Gasteiger partial charge in [-0.2, -0.15) is 0 Å². The van der Waals surface area contributed by atoms with Crippen molar-refractivity contribution in [2.75, 3.05) is 36.9 Å². The second-order valence-electron chi connectivity index (χ2n) is 5.49. The number of Topliss-reactive ketones (excluding diaryl/α,β-unsaturated/α-hetero) is 1. The van der Waals surface area contributed by atoms with Crippen molar-refractivity contribution in [2.45, 2.75) is 33.1 Å². The van der Waals surface area contributed by atoms with Crippen LogP contribution < -0.4 is 10.6 Å². The van der Waals surface area contributed by atoms with E-state index >= 15 is 0 Å². The third-order valence-electron chi connectivity index (χ3n) is 3.81. The molecule has 1 saturated heterocycles. The minimum atomic E-state index is 0.109. The third-order valence-corrected chi connectivity index (χ3v) is 3.81. The van der Waals surface area contributed by atoms with E-state index in [1.807, 2.05) is 19.1 Å². The van der Waals surface area contributed by atoms with Crippen LogP contribution in [0.2, 0.25) is 0 Å². The lowest BCUT2D eigenvalue weighted by Gasteiger charge is -2.32. The fourth-order valence-corrected chi connectivity index (χ4v) is 2.75. The number of carbonyl (C=O) groups excluding carboxylic acids is 1. The molecular formula is C16H24N2O2. The molecule has 4 heteroatoms. The molecule has 1 aromatic rings. The number of carbonyl (C=O) groups is 1. The number of hydrogen-bond acceptors (Lipinski definition) is 4. The molecule has 0 aliphatic carbocycles. The van der Waals surface area contributed by atoms with Crippen molar-refractivity contribution < 1.29 is 9.53 Å². The average Bonchev–Trinajstić information content (AvgIpc) is 2.46. The molecule has 1 fully saturated rings. The lowest BCUT2D eigenvalue weighted by Crippen LogP contribution is -2.37. The summed E-state index contributed by atoms with van der Waals surface area (Å²) in [5.74, 6) is 0.398. The van der Waals surface area contributed by atoms with Crippen LogP contribution in [0.15, 0.2) is 12.1 Å². The van der Waals surface area contributed by atoms with Crippen molar-refractivity contribution >= 4 is 17.2 Å². The molecule has 0 atom stereocenters. The van der Waals surface area contributed by atoms with Crippen LogP contribution in [-0.2, 0) is 4.74 Å². The molecule has 0 radical (unpaired) electrons. The van der Waals surface area contributed by atoms with E-state index in [1.54, 1.807) is 0 Å². The van der Waals surface area contributed by atoms with Gasteiger partial charge in [0.2, 0.25) is 0 Å². The summed E-state index contributed by atoms with van der Waals surface area (Å²) in [5.41, 5.74) is 9.83. The number of ketones is 1. The predicted octanol–water partition coefficient (Wildman–Crippen LogP) is 2.82. The van der Waals surface area contributed by atoms with Crippen LogP contribution in [0.5, 0.6) is 0 Å². The fourth-order valence-electron chi connectivity index (χ4n) is 2.75. The largest absolute Gasteiger partial charge is 0.398 e. The minimum Gasteiger partial charge on any atom is -0.398 e. The van der Waals surface area contributed by atoms with Gasteiger partial charge in [0.1, 0.15) is 0 Å². The van der Waals surface area contributed by atoms with Gasteiger partial charge in [0, 0.05) is 42.0 Å². The highest BCUT2D eigenvalue weighted by atomic mass is 16.5. The first-order valence-electron chi connectivity index (χ1n) is 7.34. The molecule has 2 rings (SSSR count). The van der Waals surface area contributed by atoms with Crippen molar-refractivity contribution in [3.8, 4) is 0 Å². The Morgan fingerprint density at radius 1 is 1.35 bits per heavy atom. The topological polar surface area (TPSA) is 55.6 Å². The molecule has 1 heterocycles. The third kappa shape index (κ3) is 2.80. The van der Waals surface area contributed by atoms with Gasteiger partial charge in [0.05, 0.1) is 13.2 Å². The van der Waals surface area contributed by atoms with E-state index < -0.39 is 0 Å². The van der Waals surface area contributed by atoms with Crippen LogP contribution in [0.3, 0.4) is 0 Å². The van der Waals surface area contributed by atoms with Crippen molar-refractivity contribution in [1.29, 1.82) is 0 Å². The molecule has 0 bridgehead atoms. The maximum absolute atomic E-state index is 12.0. The highest BCUT2D eigenvalue weighted by molar-refractivity contribution is 6.02. The number of hydrogen-bond donors (Lipinski definition) is 1. The van der Waals surface area contributed by atoms with Gasteiger partial charge in [0.15, 0.2) is 5.78 Å². The Morgan fingerprint density at radius 3 is 2.55 bits per heavy atom. The zero-order valence-corrected chi connectivity index (χ0v) is 12.6. The van der Waals surface area contributed by atoms with Gasteiger partial charge in [-0.1, -0.05) is 20.8 Å². The van der Waals surface area contributed by atoms with Crippen LogP contribution in [-0.4, -0.2) is 32.1 Å². The summed E-state index contributed by atoms with van der Waals surface area (Å²) in [4.78, 5) is 14.3. The number of nitrogens with two attached hydrogens (primary N) is 1. The molecule has 0 unspecified atom stereocenters. The van der Waals surface area contributed by atoms with Crippen molar-refractivity contribution in [3.05, 3.63) is 23.3 Å². The summed E-state index contributed by atoms with van der Waals surface area (Å²) < 4.78 is 5.40. The van der Waals surface area contributed by atoms with E-state index in [0.29, 0.717) is 17.7 Å². The molecule has 110 valence electrons. The lowest BCUT2D eigenvalue weighted by atomic mass is 9.93. The first-order chi connectivity index (χ1) is 9.56. The van der Waals surface area contributed by atoms with Gasteiger partial charge in [-0.05, 0) is 18.1 Å². The van der Waals surface area contributed by atoms with Gasteiger partial charge < -0.3 is 15.4 Å². The first kappa shape index (κ1) is 14.9. The quantitative estimate of drug-likeness (QED) is 0.678. The standard InChI is InChI=1S/C16H24N2O2/c1-4-14(19)12-5-6-13(15(11(2)3)16(12)17)18-7-9-20-10-8-18/h5-6,11H,4,7-10,17H2,1-3H3. The minimum absolute atomic E-state index is 0.109. The summed E-state index contributed by atoms with van der Waals surface area (Å²) in [6.45, 7) is 9.35. The van der Waals surface area contributed by atoms with Crippen molar-refractivity contribution in [3.63, 3.8) is 0 Å². The van der Waals surface area contributed by atoms with Gasteiger partial charge in [-0.3, -0.25) is 4.79 Å². The Bertz CT molecular complexity index is 491. The maximum Gasteiger partial charge on any atom is 0.164 e. The van der Waals surface area contributed by atoms with Gasteiger partial charge in [0.25, 0.3) is 0 Å². The summed E-state index contributed by atoms with van der Waals surface area (Å²) in [6, 6.07) is 3.91. The molecule has 1 aliphatic heterocycles. The molecule has 0 spiro atoms. The number of nitrogen functional groups attached to an aromatic ring is 1. The second-order valence-corrected chi connectivity index (χ2v) is 5.49. The number of benzene rings is 1. The molecule has 1 aromatic carbocycles. The fraction of sp³-hybridized carbons (Fsp3) is 0.562. The van der Waals surface area contributed by atoms with Crippen LogP contribution in [0.4, 0.5) is 11.4 Å². The molecule has 0 aromatic heterocycles. The maximum atomic E-state index is 12.0. The number of ether oxygens (including phenoxy) is 1. The number of anilines is 2. The molecule has 0 amide bonds. The molecule has 2 N–H and O–H groups in total. The molecular weight excluding hydrogens is 252 g/mol. The Morgan fingerprint density at radius 2 is 2.00 bits per heavy atom. The summed E-state index contributed by atoms with van der Waals surface area (Å²) >= 11 is 0. The van der Waals surface area contributed by atoms with E-state index in [0.717, 1.165) is 37.6 Å². The van der Waals surface area contributed by atoms with Crippen molar-refractivity contribution in [1.82, 2.24) is 0 Å². The summed E-state index contributed by atoms with van der Waals surface area (Å²) in [7, 11) is 0. The van der Waals surface area contributed by atoms with E-state index in [2.05, 4.69) is 18.7 Å². The molecule has 0 saturated carbocycles. The molecule has 4 nitrogen and oxygen atoms in total. The van der Waals surface area contributed by atoms with Crippen LogP contribution >= 0.6 is 0 Å². The van der Waals surface area contributed by atoms with E-state index in [1.165, 1.54) is 0 Å². The monoisotopic (exact) mass is 276 g/mol. The Kier molecular flexibility index (Phi) is 4.65. The van der Waals surface area contributed by atoms with Crippen LogP contribution in [0.1, 0.15) is 49.0 Å². The molecule has 1 aliphatic rings. The Balaban J connectivity index is 2.47. The van der Waals surface area contributed by atoms with Gasteiger partial charge in [-0.25, -0.2) is 0 Å². The smallest absolute Gasteiger partial charge is 0.164 e. The highest BCUT2D eigenvalue weighted by Gasteiger charge is 2.21. The van der Waals surface area contributed by atoms with E-state index in [-0.39, 0.29) is 11.7 Å². The number of nitrogens with zero attached hydrogens (tertiary/aromatic N) is 1. The normalized spacial score (nSPS) is 15.7. The SMILES string of the molecule is CCC(=O)c1ccc(N2CCOCC2)c(C(C)C)c1N. The van der Waals surface area contributed by atoms with Crippen LogP contribution in [0.25, 0.3) is 0 Å². The Labute approximate surface area is 120 Å². The summed E-state index contributed by atoms with van der Waals surface area (Å²) in [6.07, 6.45) is 0.485. The summed E-state index contributed by atoms with van der Waals surface area (Å²) in [5, 5.41) is 0. The number of rotatable bonds is 4. The Hall–Kier alpha value is -1.55. The van der Waals surface area contributed by atoms with Crippen molar-refractivity contribution in [2.24, 2.45) is 0 Å². The van der Waals surface area contributed by atoms with E-state index in [4.69, 9.17) is 10.5 Å². The van der Waals surface area contributed by atoms with Gasteiger partial charge >= 0.3 is 0 Å². The average molecular weight is 276 g/mol. The zero-order valence-electron chi connectivity index (χ0n) is 12.6. The van der Waals surface area contributed by atoms with Gasteiger partial charge in [-0.15, -0.1) is 0 Å². The van der Waals surface area contributed by atoms with E-state index in [9.17, 15) is 4.79 Å². The molecule has 20 heavy (non-hydrogen) atoms. The predicted molar refractivity (Wildman–Crippen MR) is 82.6 cm³/mol. The highest BCUT2D eigenvalue weighted by Crippen LogP contribution is 2.35. The zero-order chi connectivity index (χ0) is 14.7. The van der Waals surface area contributed by atoms with Crippen LogP contribution in [0, 0.1) is 0 Å².